The van der Waals surface area contributed by atoms with E-state index in [1.807, 2.05) is 12.3 Å². The van der Waals surface area contributed by atoms with Crippen molar-refractivity contribution in [2.45, 2.75) is 44.4 Å². The molecule has 1 saturated heterocycles. The lowest BCUT2D eigenvalue weighted by molar-refractivity contribution is 0.111. The fraction of sp³-hybridized carbons (Fsp3) is 0.550. The monoisotopic (exact) mass is 372 g/mol. The van der Waals surface area contributed by atoms with Gasteiger partial charge in [-0.15, -0.1) is 11.3 Å². The van der Waals surface area contributed by atoms with Crippen molar-refractivity contribution >= 4 is 11.3 Å². The summed E-state index contributed by atoms with van der Waals surface area (Å²) in [6.45, 7) is 2.98. The van der Waals surface area contributed by atoms with E-state index in [4.69, 9.17) is 14.2 Å². The van der Waals surface area contributed by atoms with Crippen LogP contribution >= 0.6 is 11.3 Å². The van der Waals surface area contributed by atoms with Crippen molar-refractivity contribution in [3.63, 3.8) is 0 Å². The third-order valence-electron chi connectivity index (χ3n) is 5.29. The summed E-state index contributed by atoms with van der Waals surface area (Å²) in [4.78, 5) is 5.86. The number of thiazole rings is 1. The number of nitrogens with zero attached hydrogens (tertiary/aromatic N) is 1. The quantitative estimate of drug-likeness (QED) is 0.830. The molecule has 0 bridgehead atoms. The standard InChI is InChI=1S/C20H24N2O3S/c1-2-17(23-7-1)20-22-12-15(26-20)11-21-19(13-3-4-13)14-5-6-16-18(10-14)25-9-8-24-16/h5-6,10,12-13,17,19,21H,1-4,7-9,11H2/t17-,19-/m0/s1. The molecule has 26 heavy (non-hydrogen) atoms. The summed E-state index contributed by atoms with van der Waals surface area (Å²) in [5.74, 6) is 2.45. The molecule has 5 rings (SSSR count). The number of fused-ring (bicyclic) bond motifs is 1. The summed E-state index contributed by atoms with van der Waals surface area (Å²) in [6.07, 6.45) is 7.04. The first-order valence-corrected chi connectivity index (χ1v) is 10.4. The Hall–Kier alpha value is -1.63. The average Bonchev–Trinajstić information content (AvgIpc) is 3.17. The van der Waals surface area contributed by atoms with Crippen LogP contribution in [0.1, 0.15) is 53.3 Å². The Balaban J connectivity index is 1.28. The molecule has 5 nitrogen and oxygen atoms in total. The first-order chi connectivity index (χ1) is 12.9. The molecular weight excluding hydrogens is 348 g/mol. The van der Waals surface area contributed by atoms with E-state index in [0.717, 1.165) is 42.5 Å². The highest BCUT2D eigenvalue weighted by Gasteiger charge is 2.33. The summed E-state index contributed by atoms with van der Waals surface area (Å²) in [5.41, 5.74) is 1.29. The fourth-order valence-corrected chi connectivity index (χ4v) is 4.73. The maximum Gasteiger partial charge on any atom is 0.161 e. The molecule has 0 unspecified atom stereocenters. The van der Waals surface area contributed by atoms with Gasteiger partial charge in [-0.1, -0.05) is 6.07 Å². The van der Waals surface area contributed by atoms with Gasteiger partial charge in [-0.2, -0.15) is 0 Å². The van der Waals surface area contributed by atoms with Gasteiger partial charge in [-0.05, 0) is 49.3 Å². The molecule has 1 N–H and O–H groups in total. The summed E-state index contributed by atoms with van der Waals surface area (Å²) < 4.78 is 17.2. The van der Waals surface area contributed by atoms with Gasteiger partial charge in [0.25, 0.3) is 0 Å². The highest BCUT2D eigenvalue weighted by molar-refractivity contribution is 7.11. The van der Waals surface area contributed by atoms with Crippen molar-refractivity contribution in [2.75, 3.05) is 19.8 Å². The van der Waals surface area contributed by atoms with Crippen molar-refractivity contribution in [1.82, 2.24) is 10.3 Å². The third kappa shape index (κ3) is 3.46. The summed E-state index contributed by atoms with van der Waals surface area (Å²) in [5, 5.41) is 4.88. The zero-order valence-electron chi connectivity index (χ0n) is 14.8. The molecule has 0 spiro atoms. The minimum absolute atomic E-state index is 0.214. The Labute approximate surface area is 157 Å². The van der Waals surface area contributed by atoms with Crippen LogP contribution in [0.2, 0.25) is 0 Å². The minimum atomic E-state index is 0.214. The van der Waals surface area contributed by atoms with Gasteiger partial charge in [0.1, 0.15) is 24.3 Å². The Bertz CT molecular complexity index is 768. The number of ether oxygens (including phenoxy) is 3. The minimum Gasteiger partial charge on any atom is -0.486 e. The van der Waals surface area contributed by atoms with Crippen LogP contribution in [0.25, 0.3) is 0 Å². The lowest BCUT2D eigenvalue weighted by atomic mass is 10.0. The van der Waals surface area contributed by atoms with Crippen molar-refractivity contribution in [3.05, 3.63) is 39.8 Å². The number of nitrogens with one attached hydrogen (secondary N) is 1. The summed E-state index contributed by atoms with van der Waals surface area (Å²) in [7, 11) is 0. The van der Waals surface area contributed by atoms with Crippen molar-refractivity contribution in [3.8, 4) is 11.5 Å². The highest BCUT2D eigenvalue weighted by atomic mass is 32.1. The van der Waals surface area contributed by atoms with Crippen LogP contribution in [0, 0.1) is 5.92 Å². The van der Waals surface area contributed by atoms with Crippen LogP contribution in [0.15, 0.2) is 24.4 Å². The zero-order chi connectivity index (χ0) is 17.3. The molecule has 2 aliphatic heterocycles. The third-order valence-corrected chi connectivity index (χ3v) is 6.38. The second-order valence-electron chi connectivity index (χ2n) is 7.27. The van der Waals surface area contributed by atoms with E-state index in [1.165, 1.54) is 23.3 Å². The van der Waals surface area contributed by atoms with Gasteiger partial charge >= 0.3 is 0 Å². The number of rotatable bonds is 6. The number of hydrogen-bond acceptors (Lipinski definition) is 6. The molecule has 2 fully saturated rings. The van der Waals surface area contributed by atoms with Crippen molar-refractivity contribution in [1.29, 1.82) is 0 Å². The zero-order valence-corrected chi connectivity index (χ0v) is 15.6. The van der Waals surface area contributed by atoms with E-state index in [0.29, 0.717) is 25.2 Å². The van der Waals surface area contributed by atoms with Crippen LogP contribution in [-0.2, 0) is 11.3 Å². The second kappa shape index (κ2) is 7.18. The molecule has 2 aromatic rings. The molecule has 6 heteroatoms. The van der Waals surface area contributed by atoms with Crippen molar-refractivity contribution in [2.24, 2.45) is 5.92 Å². The van der Waals surface area contributed by atoms with Crippen LogP contribution in [0.5, 0.6) is 11.5 Å². The number of hydrogen-bond donors (Lipinski definition) is 1. The molecule has 1 saturated carbocycles. The van der Waals surface area contributed by atoms with Crippen LogP contribution in [0.3, 0.4) is 0 Å². The maximum atomic E-state index is 5.76. The van der Waals surface area contributed by atoms with Gasteiger partial charge in [0.2, 0.25) is 0 Å². The van der Waals surface area contributed by atoms with E-state index in [2.05, 4.69) is 22.4 Å². The van der Waals surface area contributed by atoms with Gasteiger partial charge in [0, 0.05) is 30.3 Å². The molecule has 138 valence electrons. The Morgan fingerprint density at radius 3 is 2.81 bits per heavy atom. The molecule has 2 atom stereocenters. The second-order valence-corrected chi connectivity index (χ2v) is 8.41. The number of aromatic nitrogens is 1. The highest BCUT2D eigenvalue weighted by Crippen LogP contribution is 2.43. The molecule has 0 amide bonds. The maximum absolute atomic E-state index is 5.76. The molecule has 1 aromatic carbocycles. The van der Waals surface area contributed by atoms with Gasteiger partial charge in [-0.3, -0.25) is 0 Å². The first-order valence-electron chi connectivity index (χ1n) is 9.56. The van der Waals surface area contributed by atoms with Crippen LogP contribution in [0.4, 0.5) is 0 Å². The molecule has 0 radical (unpaired) electrons. The smallest absolute Gasteiger partial charge is 0.161 e. The molecule has 3 aliphatic rings. The van der Waals surface area contributed by atoms with Gasteiger partial charge in [-0.25, -0.2) is 4.98 Å². The Morgan fingerprint density at radius 2 is 2.00 bits per heavy atom. The summed E-state index contributed by atoms with van der Waals surface area (Å²) >= 11 is 1.78. The Morgan fingerprint density at radius 1 is 1.12 bits per heavy atom. The first kappa shape index (κ1) is 16.5. The van der Waals surface area contributed by atoms with Crippen LogP contribution in [-0.4, -0.2) is 24.8 Å². The fourth-order valence-electron chi connectivity index (χ4n) is 3.78. The van der Waals surface area contributed by atoms with E-state index in [-0.39, 0.29) is 6.10 Å². The average molecular weight is 372 g/mol. The van der Waals surface area contributed by atoms with E-state index >= 15 is 0 Å². The van der Waals surface area contributed by atoms with Crippen LogP contribution < -0.4 is 14.8 Å². The predicted molar refractivity (Wildman–Crippen MR) is 99.8 cm³/mol. The van der Waals surface area contributed by atoms with Gasteiger partial charge in [0.15, 0.2) is 11.5 Å². The summed E-state index contributed by atoms with van der Waals surface area (Å²) in [6, 6.07) is 6.73. The topological polar surface area (TPSA) is 52.6 Å². The number of benzene rings is 1. The van der Waals surface area contributed by atoms with Crippen molar-refractivity contribution < 1.29 is 14.2 Å². The normalized spacial score (nSPS) is 23.2. The molecule has 1 aromatic heterocycles. The van der Waals surface area contributed by atoms with E-state index < -0.39 is 0 Å². The lowest BCUT2D eigenvalue weighted by Crippen LogP contribution is -2.23. The predicted octanol–water partition coefficient (Wildman–Crippen LogP) is 4.01. The largest absolute Gasteiger partial charge is 0.486 e. The van der Waals surface area contributed by atoms with Gasteiger partial charge < -0.3 is 19.5 Å². The SMILES string of the molecule is c1cc2c(cc1[C@@H](NCc1cnc([C@@H]3CCCO3)s1)C1CC1)OCCO2. The molecule has 1 aliphatic carbocycles. The van der Waals surface area contributed by atoms with Gasteiger partial charge in [0.05, 0.1) is 0 Å². The Kier molecular flexibility index (Phi) is 4.56. The molecule has 3 heterocycles. The van der Waals surface area contributed by atoms with E-state index in [9.17, 15) is 0 Å². The lowest BCUT2D eigenvalue weighted by Gasteiger charge is -2.23. The molecular formula is C20H24N2O3S. The van der Waals surface area contributed by atoms with E-state index in [1.54, 1.807) is 11.3 Å².